The van der Waals surface area contributed by atoms with Crippen LogP contribution in [0.2, 0.25) is 0 Å². The van der Waals surface area contributed by atoms with Crippen molar-refractivity contribution in [3.8, 4) is 22.8 Å². The molecule has 0 saturated heterocycles. The highest BCUT2D eigenvalue weighted by atomic mass is 19.4. The lowest BCUT2D eigenvalue weighted by atomic mass is 9.92. The molecule has 0 saturated carbocycles. The van der Waals surface area contributed by atoms with E-state index in [4.69, 9.17) is 24.4 Å². The summed E-state index contributed by atoms with van der Waals surface area (Å²) in [6.07, 6.45) is -3.38. The Balaban J connectivity index is 0.000000344. The Labute approximate surface area is 192 Å². The number of carbonyl (C=O) groups is 2. The van der Waals surface area contributed by atoms with Crippen molar-refractivity contribution in [2.45, 2.75) is 25.9 Å². The number of alkyl halides is 3. The maximum absolute atomic E-state index is 12.3. The summed E-state index contributed by atoms with van der Waals surface area (Å²) in [5.41, 5.74) is 7.76. The minimum absolute atomic E-state index is 0.00251. The van der Waals surface area contributed by atoms with Crippen LogP contribution in [-0.2, 0) is 22.4 Å². The standard InChI is InChI=1S/C22H20N2O3.C2HF3O2/c1-12(25)24-9-8-15-16-10-13-6-4-5-7-14(13)20(16)23-17-11-18(26-2)22(27-3)21(24)19(15)17;3-2(4,5)1(6)7/h4-7,11H,8-10H2,1-3H3;(H,6,7). The van der Waals surface area contributed by atoms with Gasteiger partial charge in [-0.15, -0.1) is 0 Å². The molecule has 2 aliphatic rings. The van der Waals surface area contributed by atoms with Crippen molar-refractivity contribution in [3.05, 3.63) is 47.0 Å². The summed E-state index contributed by atoms with van der Waals surface area (Å²) in [5, 5.41) is 8.14. The summed E-state index contributed by atoms with van der Waals surface area (Å²) in [7, 11) is 3.23. The lowest BCUT2D eigenvalue weighted by Gasteiger charge is -2.31. The number of rotatable bonds is 2. The maximum atomic E-state index is 12.3. The molecule has 2 aromatic carbocycles. The Morgan fingerprint density at radius 2 is 1.79 bits per heavy atom. The van der Waals surface area contributed by atoms with E-state index >= 15 is 0 Å². The second-order valence-corrected chi connectivity index (χ2v) is 7.83. The molecule has 0 fully saturated rings. The highest BCUT2D eigenvalue weighted by Crippen LogP contribution is 2.50. The summed E-state index contributed by atoms with van der Waals surface area (Å²) < 4.78 is 43.0. The van der Waals surface area contributed by atoms with E-state index < -0.39 is 12.1 Å². The lowest BCUT2D eigenvalue weighted by molar-refractivity contribution is -0.192. The highest BCUT2D eigenvalue weighted by Gasteiger charge is 2.38. The number of carboxylic acids is 1. The minimum atomic E-state index is -5.08. The van der Waals surface area contributed by atoms with Gasteiger partial charge in [-0.1, -0.05) is 24.3 Å². The molecule has 0 atom stereocenters. The van der Waals surface area contributed by atoms with Crippen LogP contribution in [0.25, 0.3) is 22.2 Å². The summed E-state index contributed by atoms with van der Waals surface area (Å²) in [6, 6.07) is 10.4. The molecule has 0 radical (unpaired) electrons. The van der Waals surface area contributed by atoms with Gasteiger partial charge in [0, 0.05) is 36.9 Å². The van der Waals surface area contributed by atoms with Crippen molar-refractivity contribution in [1.82, 2.24) is 4.98 Å². The Bertz CT molecular complexity index is 1320. The lowest BCUT2D eigenvalue weighted by Crippen LogP contribution is -2.34. The average Bonchev–Trinajstić information content (AvgIpc) is 3.17. The molecule has 1 aliphatic heterocycles. The number of aliphatic carboxylic acids is 1. The van der Waals surface area contributed by atoms with Crippen LogP contribution >= 0.6 is 0 Å². The third kappa shape index (κ3) is 3.78. The smallest absolute Gasteiger partial charge is 0.490 e. The SMILES string of the molecule is COc1cc2nc3c(c4c2c(c1OC)N(C(C)=O)CC4)Cc1ccccc1-3.O=C(O)C(F)(F)F. The van der Waals surface area contributed by atoms with Gasteiger partial charge in [-0.25, -0.2) is 9.78 Å². The normalized spacial score (nSPS) is 13.5. The van der Waals surface area contributed by atoms with E-state index in [0.717, 1.165) is 35.1 Å². The molecule has 1 aromatic heterocycles. The number of anilines is 1. The van der Waals surface area contributed by atoms with E-state index in [9.17, 15) is 18.0 Å². The third-order valence-electron chi connectivity index (χ3n) is 5.93. The van der Waals surface area contributed by atoms with Gasteiger partial charge >= 0.3 is 12.1 Å². The van der Waals surface area contributed by atoms with Crippen molar-refractivity contribution in [3.63, 3.8) is 0 Å². The molecule has 0 bridgehead atoms. The molecular weight excluding hydrogens is 453 g/mol. The molecule has 1 aliphatic carbocycles. The van der Waals surface area contributed by atoms with Crippen LogP contribution in [0.3, 0.4) is 0 Å². The molecule has 5 rings (SSSR count). The molecule has 0 unspecified atom stereocenters. The number of halogens is 3. The quantitative estimate of drug-likeness (QED) is 0.464. The fraction of sp³-hybridized carbons (Fsp3) is 0.292. The summed E-state index contributed by atoms with van der Waals surface area (Å²) >= 11 is 0. The summed E-state index contributed by atoms with van der Waals surface area (Å²) in [5.74, 6) is -1.57. The first kappa shape index (κ1) is 23.3. The Hall–Kier alpha value is -3.82. The highest BCUT2D eigenvalue weighted by molar-refractivity contribution is 6.09. The van der Waals surface area contributed by atoms with Gasteiger partial charge in [-0.05, 0) is 23.1 Å². The van der Waals surface area contributed by atoms with E-state index in [-0.39, 0.29) is 5.91 Å². The molecule has 7 nitrogen and oxygen atoms in total. The van der Waals surface area contributed by atoms with E-state index in [0.29, 0.717) is 18.0 Å². The van der Waals surface area contributed by atoms with Crippen LogP contribution in [0.5, 0.6) is 11.5 Å². The van der Waals surface area contributed by atoms with E-state index in [1.165, 1.54) is 22.3 Å². The number of hydrogen-bond acceptors (Lipinski definition) is 5. The first-order valence-electron chi connectivity index (χ1n) is 10.3. The summed E-state index contributed by atoms with van der Waals surface area (Å²) in [6.45, 7) is 2.22. The van der Waals surface area contributed by atoms with E-state index in [1.807, 2.05) is 6.07 Å². The number of aromatic nitrogens is 1. The summed E-state index contributed by atoms with van der Waals surface area (Å²) in [4.78, 5) is 28.0. The van der Waals surface area contributed by atoms with Crippen LogP contribution in [0.1, 0.15) is 23.6 Å². The van der Waals surface area contributed by atoms with Crippen molar-refractivity contribution in [2.75, 3.05) is 25.7 Å². The van der Waals surface area contributed by atoms with Gasteiger partial charge in [0.2, 0.25) is 5.91 Å². The Morgan fingerprint density at radius 1 is 1.12 bits per heavy atom. The van der Waals surface area contributed by atoms with Gasteiger partial charge < -0.3 is 19.5 Å². The van der Waals surface area contributed by atoms with Gasteiger partial charge in [-0.3, -0.25) is 4.79 Å². The molecule has 2 heterocycles. The molecule has 1 N–H and O–H groups in total. The molecule has 10 heteroatoms. The molecule has 178 valence electrons. The third-order valence-corrected chi connectivity index (χ3v) is 5.93. The van der Waals surface area contributed by atoms with Crippen LogP contribution in [0.4, 0.5) is 18.9 Å². The fourth-order valence-electron chi connectivity index (χ4n) is 4.52. The number of carboxylic acid groups (broad SMARTS) is 1. The van der Waals surface area contributed by atoms with Crippen LogP contribution in [0, 0.1) is 0 Å². The second-order valence-electron chi connectivity index (χ2n) is 7.83. The minimum Gasteiger partial charge on any atom is -0.493 e. The monoisotopic (exact) mass is 474 g/mol. The van der Waals surface area contributed by atoms with Gasteiger partial charge in [0.15, 0.2) is 11.5 Å². The topological polar surface area (TPSA) is 89.0 Å². The number of fused-ring (bicyclic) bond motifs is 4. The van der Waals surface area contributed by atoms with Crippen molar-refractivity contribution in [1.29, 1.82) is 0 Å². The number of nitrogens with zero attached hydrogens (tertiary/aromatic N) is 2. The predicted octanol–water partition coefficient (Wildman–Crippen LogP) is 4.37. The number of methoxy groups -OCH3 is 2. The molecule has 34 heavy (non-hydrogen) atoms. The van der Waals surface area contributed by atoms with Gasteiger partial charge in [0.05, 0.1) is 31.1 Å². The Kier molecular flexibility index (Phi) is 5.84. The van der Waals surface area contributed by atoms with Crippen LogP contribution in [-0.4, -0.2) is 48.9 Å². The van der Waals surface area contributed by atoms with Gasteiger partial charge in [-0.2, -0.15) is 13.2 Å². The number of ether oxygens (including phenoxy) is 2. The number of carbonyl (C=O) groups excluding carboxylic acids is 1. The molecular formula is C24H21F3N2O5. The predicted molar refractivity (Wildman–Crippen MR) is 119 cm³/mol. The zero-order valence-electron chi connectivity index (χ0n) is 18.6. The number of benzene rings is 2. The largest absolute Gasteiger partial charge is 0.493 e. The van der Waals surface area contributed by atoms with Crippen molar-refractivity contribution >= 4 is 28.5 Å². The zero-order chi connectivity index (χ0) is 24.8. The van der Waals surface area contributed by atoms with Gasteiger partial charge in [0.25, 0.3) is 0 Å². The maximum Gasteiger partial charge on any atom is 0.490 e. The first-order valence-corrected chi connectivity index (χ1v) is 10.3. The number of amides is 1. The molecule has 0 spiro atoms. The molecule has 1 amide bonds. The van der Waals surface area contributed by atoms with Crippen molar-refractivity contribution < 1.29 is 37.3 Å². The van der Waals surface area contributed by atoms with Crippen molar-refractivity contribution in [2.24, 2.45) is 0 Å². The van der Waals surface area contributed by atoms with Crippen LogP contribution < -0.4 is 14.4 Å². The second kappa shape index (κ2) is 8.51. The van der Waals surface area contributed by atoms with E-state index in [1.54, 1.807) is 26.0 Å². The zero-order valence-corrected chi connectivity index (χ0v) is 18.6. The number of hydrogen-bond donors (Lipinski definition) is 1. The Morgan fingerprint density at radius 3 is 2.38 bits per heavy atom. The fourth-order valence-corrected chi connectivity index (χ4v) is 4.52. The first-order chi connectivity index (χ1) is 16.1. The van der Waals surface area contributed by atoms with Gasteiger partial charge in [0.1, 0.15) is 0 Å². The van der Waals surface area contributed by atoms with E-state index in [2.05, 4.69) is 24.3 Å². The average molecular weight is 474 g/mol. The molecule has 3 aromatic rings. The van der Waals surface area contributed by atoms with Crippen LogP contribution in [0.15, 0.2) is 30.3 Å². The number of pyridine rings is 1.